The van der Waals surface area contributed by atoms with Gasteiger partial charge >= 0.3 is 5.69 Å². The summed E-state index contributed by atoms with van der Waals surface area (Å²) in [5.41, 5.74) is 5.78. The van der Waals surface area contributed by atoms with Crippen molar-refractivity contribution in [2.24, 2.45) is 11.7 Å². The van der Waals surface area contributed by atoms with Crippen molar-refractivity contribution in [3.05, 3.63) is 28.3 Å². The summed E-state index contributed by atoms with van der Waals surface area (Å²) < 4.78 is 10.4. The molecule has 0 bridgehead atoms. The molecule has 1 saturated heterocycles. The zero-order chi connectivity index (χ0) is 17.7. The Morgan fingerprint density at radius 2 is 2.29 bits per heavy atom. The molecule has 8 nitrogen and oxygen atoms in total. The Kier molecular flexibility index (Phi) is 5.97. The van der Waals surface area contributed by atoms with E-state index in [0.717, 1.165) is 12.8 Å². The fourth-order valence-corrected chi connectivity index (χ4v) is 2.80. The van der Waals surface area contributed by atoms with Gasteiger partial charge in [0.1, 0.15) is 5.75 Å². The number of nitro benzene ring substituents is 1. The van der Waals surface area contributed by atoms with Crippen LogP contribution in [0.25, 0.3) is 0 Å². The zero-order valence-electron chi connectivity index (χ0n) is 13.9. The highest BCUT2D eigenvalue weighted by atomic mass is 16.6. The minimum Gasteiger partial charge on any atom is -0.490 e. The molecule has 1 aliphatic rings. The van der Waals surface area contributed by atoms with Crippen molar-refractivity contribution >= 4 is 11.6 Å². The average molecular weight is 337 g/mol. The standard InChI is InChI=1S/C16H23N3O5/c1-11(17)12-4-3-7-18(9-12)16(20)10-24-13-5-6-14(19(21)22)15(8-13)23-2/h5-6,8,11-12H,3-4,7,9-10,17H2,1-2H3. The Labute approximate surface area is 140 Å². The molecule has 8 heteroatoms. The molecule has 2 N–H and O–H groups in total. The van der Waals surface area contributed by atoms with Crippen molar-refractivity contribution in [2.75, 3.05) is 26.8 Å². The maximum Gasteiger partial charge on any atom is 0.311 e. The van der Waals surface area contributed by atoms with Crippen LogP contribution in [0.4, 0.5) is 5.69 Å². The third-order valence-corrected chi connectivity index (χ3v) is 4.26. The number of methoxy groups -OCH3 is 1. The van der Waals surface area contributed by atoms with Gasteiger partial charge in [0.25, 0.3) is 5.91 Å². The maximum absolute atomic E-state index is 12.3. The van der Waals surface area contributed by atoms with Gasteiger partial charge in [0.15, 0.2) is 6.61 Å². The predicted molar refractivity (Wildman–Crippen MR) is 88.1 cm³/mol. The smallest absolute Gasteiger partial charge is 0.311 e. The van der Waals surface area contributed by atoms with Crippen LogP contribution in [-0.2, 0) is 4.79 Å². The van der Waals surface area contributed by atoms with Crippen LogP contribution < -0.4 is 15.2 Å². The first-order chi connectivity index (χ1) is 11.4. The fourth-order valence-electron chi connectivity index (χ4n) is 2.80. The van der Waals surface area contributed by atoms with Gasteiger partial charge < -0.3 is 20.1 Å². The van der Waals surface area contributed by atoms with Crippen LogP contribution >= 0.6 is 0 Å². The summed E-state index contributed by atoms with van der Waals surface area (Å²) >= 11 is 0. The molecule has 132 valence electrons. The number of carbonyl (C=O) groups is 1. The number of nitrogens with two attached hydrogens (primary N) is 1. The maximum atomic E-state index is 12.3. The topological polar surface area (TPSA) is 108 Å². The number of nitrogens with zero attached hydrogens (tertiary/aromatic N) is 2. The van der Waals surface area contributed by atoms with Crippen molar-refractivity contribution in [2.45, 2.75) is 25.8 Å². The highest BCUT2D eigenvalue weighted by Crippen LogP contribution is 2.30. The van der Waals surface area contributed by atoms with Crippen molar-refractivity contribution in [1.82, 2.24) is 4.90 Å². The van der Waals surface area contributed by atoms with Gasteiger partial charge in [-0.3, -0.25) is 14.9 Å². The molecular formula is C16H23N3O5. The van der Waals surface area contributed by atoms with Gasteiger partial charge in [-0.2, -0.15) is 0 Å². The molecule has 0 radical (unpaired) electrons. The molecule has 1 aromatic rings. The molecule has 2 unspecified atom stereocenters. The second-order valence-electron chi connectivity index (χ2n) is 5.98. The summed E-state index contributed by atoms with van der Waals surface area (Å²) in [6, 6.07) is 4.22. The van der Waals surface area contributed by atoms with Crippen LogP contribution in [0.15, 0.2) is 18.2 Å². The quantitative estimate of drug-likeness (QED) is 0.623. The van der Waals surface area contributed by atoms with Gasteiger partial charge in [0.2, 0.25) is 5.75 Å². The molecule has 0 spiro atoms. The van der Waals surface area contributed by atoms with E-state index in [4.69, 9.17) is 15.2 Å². The number of likely N-dealkylation sites (tertiary alicyclic amines) is 1. The Morgan fingerprint density at radius 3 is 2.92 bits per heavy atom. The summed E-state index contributed by atoms with van der Waals surface area (Å²) in [6.07, 6.45) is 1.96. The first-order valence-electron chi connectivity index (χ1n) is 7.91. The number of hydrogen-bond acceptors (Lipinski definition) is 6. The molecule has 1 amide bonds. The average Bonchev–Trinajstić information content (AvgIpc) is 2.59. The van der Waals surface area contributed by atoms with Crippen molar-refractivity contribution < 1.29 is 19.2 Å². The number of amides is 1. The second-order valence-corrected chi connectivity index (χ2v) is 5.98. The van der Waals surface area contributed by atoms with Crippen LogP contribution in [0, 0.1) is 16.0 Å². The largest absolute Gasteiger partial charge is 0.490 e. The molecule has 0 saturated carbocycles. The molecule has 1 fully saturated rings. The van der Waals surface area contributed by atoms with Crippen LogP contribution in [0.1, 0.15) is 19.8 Å². The van der Waals surface area contributed by atoms with Gasteiger partial charge in [-0.25, -0.2) is 0 Å². The number of carbonyl (C=O) groups excluding carboxylic acids is 1. The molecule has 0 aromatic heterocycles. The third-order valence-electron chi connectivity index (χ3n) is 4.26. The van der Waals surface area contributed by atoms with Crippen molar-refractivity contribution in [1.29, 1.82) is 0 Å². The Morgan fingerprint density at radius 1 is 1.54 bits per heavy atom. The van der Waals surface area contributed by atoms with Crippen LogP contribution in [0.2, 0.25) is 0 Å². The normalized spacial score (nSPS) is 18.8. The summed E-state index contributed by atoms with van der Waals surface area (Å²) in [4.78, 5) is 24.4. The van der Waals surface area contributed by atoms with E-state index in [2.05, 4.69) is 0 Å². The Hall–Kier alpha value is -2.35. The lowest BCUT2D eigenvalue weighted by Gasteiger charge is -2.34. The SMILES string of the molecule is COc1cc(OCC(=O)N2CCCC(C(C)N)C2)ccc1[N+](=O)[O-]. The number of hydrogen-bond donors (Lipinski definition) is 1. The highest BCUT2D eigenvalue weighted by molar-refractivity contribution is 5.78. The van der Waals surface area contributed by atoms with E-state index in [0.29, 0.717) is 24.8 Å². The lowest BCUT2D eigenvalue weighted by molar-refractivity contribution is -0.385. The van der Waals surface area contributed by atoms with E-state index in [1.807, 2.05) is 6.92 Å². The van der Waals surface area contributed by atoms with Gasteiger partial charge in [-0.1, -0.05) is 0 Å². The molecule has 0 aliphatic carbocycles. The van der Waals surface area contributed by atoms with Crippen LogP contribution in [0.3, 0.4) is 0 Å². The van der Waals surface area contributed by atoms with Gasteiger partial charge in [-0.15, -0.1) is 0 Å². The third kappa shape index (κ3) is 4.35. The lowest BCUT2D eigenvalue weighted by Crippen LogP contribution is -2.46. The first-order valence-corrected chi connectivity index (χ1v) is 7.91. The molecule has 2 rings (SSSR count). The summed E-state index contributed by atoms with van der Waals surface area (Å²) in [6.45, 7) is 3.18. The van der Waals surface area contributed by atoms with Crippen LogP contribution in [-0.4, -0.2) is 48.6 Å². The van der Waals surface area contributed by atoms with E-state index < -0.39 is 4.92 Å². The molecule has 1 heterocycles. The van der Waals surface area contributed by atoms with E-state index in [1.54, 1.807) is 4.90 Å². The number of nitro groups is 1. The summed E-state index contributed by atoms with van der Waals surface area (Å²) in [7, 11) is 1.35. The molecule has 24 heavy (non-hydrogen) atoms. The fraction of sp³-hybridized carbons (Fsp3) is 0.562. The van der Waals surface area contributed by atoms with Gasteiger partial charge in [0.05, 0.1) is 12.0 Å². The van der Waals surface area contributed by atoms with E-state index in [-0.39, 0.29) is 30.0 Å². The van der Waals surface area contributed by atoms with Crippen LogP contribution in [0.5, 0.6) is 11.5 Å². The number of ether oxygens (including phenoxy) is 2. The molecule has 1 aromatic carbocycles. The number of piperidine rings is 1. The number of benzene rings is 1. The van der Waals surface area contributed by atoms with Crippen molar-refractivity contribution in [3.8, 4) is 11.5 Å². The minimum absolute atomic E-state index is 0.0560. The summed E-state index contributed by atoms with van der Waals surface area (Å²) in [5, 5.41) is 10.9. The minimum atomic E-state index is -0.532. The van der Waals surface area contributed by atoms with E-state index >= 15 is 0 Å². The zero-order valence-corrected chi connectivity index (χ0v) is 13.9. The highest BCUT2D eigenvalue weighted by Gasteiger charge is 2.26. The lowest BCUT2D eigenvalue weighted by atomic mass is 9.92. The summed E-state index contributed by atoms with van der Waals surface area (Å²) in [5.74, 6) is 0.645. The monoisotopic (exact) mass is 337 g/mol. The molecule has 2 atom stereocenters. The Bertz CT molecular complexity index is 605. The first kappa shape index (κ1) is 18.0. The van der Waals surface area contributed by atoms with E-state index in [1.165, 1.54) is 25.3 Å². The number of rotatable bonds is 6. The molecule has 1 aliphatic heterocycles. The van der Waals surface area contributed by atoms with Gasteiger partial charge in [0, 0.05) is 31.3 Å². The second kappa shape index (κ2) is 7.96. The van der Waals surface area contributed by atoms with E-state index in [9.17, 15) is 14.9 Å². The Balaban J connectivity index is 1.95. The predicted octanol–water partition coefficient (Wildman–Crippen LogP) is 1.57. The van der Waals surface area contributed by atoms with Crippen molar-refractivity contribution in [3.63, 3.8) is 0 Å². The molecular weight excluding hydrogens is 314 g/mol. The van der Waals surface area contributed by atoms with Gasteiger partial charge in [-0.05, 0) is 31.7 Å².